The zero-order valence-electron chi connectivity index (χ0n) is 11.0. The van der Waals surface area contributed by atoms with E-state index in [2.05, 4.69) is 19.2 Å². The summed E-state index contributed by atoms with van der Waals surface area (Å²) in [4.78, 5) is 0. The van der Waals surface area contributed by atoms with Crippen molar-refractivity contribution in [2.75, 3.05) is 0 Å². The molecule has 1 aromatic rings. The molecule has 1 saturated carbocycles. The minimum absolute atomic E-state index is 0.208. The zero-order valence-corrected chi connectivity index (χ0v) is 11.8. The molecule has 0 amide bonds. The average Bonchev–Trinajstić information content (AvgIpc) is 2.35. The number of benzene rings is 1. The maximum atomic E-state index is 13.7. The van der Waals surface area contributed by atoms with Crippen LogP contribution in [0.25, 0.3) is 0 Å². The summed E-state index contributed by atoms with van der Waals surface area (Å²) in [6.07, 6.45) is 3.63. The van der Waals surface area contributed by atoms with E-state index in [-0.39, 0.29) is 10.8 Å². The molecule has 1 aliphatic carbocycles. The van der Waals surface area contributed by atoms with Gasteiger partial charge in [-0.15, -0.1) is 0 Å². The summed E-state index contributed by atoms with van der Waals surface area (Å²) in [5.41, 5.74) is 0.661. The van der Waals surface area contributed by atoms with Gasteiger partial charge in [0.15, 0.2) is 0 Å². The van der Waals surface area contributed by atoms with Gasteiger partial charge in [0.25, 0.3) is 0 Å². The Hall–Kier alpha value is -0.600. The summed E-state index contributed by atoms with van der Waals surface area (Å²) in [5, 5.41) is 3.67. The van der Waals surface area contributed by atoms with Crippen LogP contribution in [0, 0.1) is 17.7 Å². The van der Waals surface area contributed by atoms with Gasteiger partial charge in [0.05, 0.1) is 5.02 Å². The number of halogens is 2. The second kappa shape index (κ2) is 6.03. The van der Waals surface area contributed by atoms with Gasteiger partial charge in [-0.1, -0.05) is 37.6 Å². The molecule has 0 spiro atoms. The van der Waals surface area contributed by atoms with Crippen molar-refractivity contribution in [2.24, 2.45) is 11.8 Å². The fourth-order valence-electron chi connectivity index (χ4n) is 2.67. The molecule has 1 aliphatic rings. The van der Waals surface area contributed by atoms with Crippen LogP contribution < -0.4 is 5.32 Å². The highest BCUT2D eigenvalue weighted by Gasteiger charge is 2.24. The minimum atomic E-state index is -0.288. The topological polar surface area (TPSA) is 12.0 Å². The third-order valence-corrected chi connectivity index (χ3v) is 4.50. The molecule has 0 bridgehead atoms. The normalized spacial score (nSPS) is 28.3. The number of nitrogens with one attached hydrogen (secondary N) is 1. The van der Waals surface area contributed by atoms with E-state index in [0.717, 1.165) is 11.8 Å². The molecule has 18 heavy (non-hydrogen) atoms. The van der Waals surface area contributed by atoms with E-state index in [1.807, 2.05) is 0 Å². The van der Waals surface area contributed by atoms with Gasteiger partial charge in [-0.05, 0) is 37.2 Å². The van der Waals surface area contributed by atoms with E-state index in [0.29, 0.717) is 18.2 Å². The van der Waals surface area contributed by atoms with Crippen LogP contribution in [0.2, 0.25) is 5.02 Å². The SMILES string of the molecule is CC1CCC(NCc2cccc(Cl)c2F)CC1C. The molecule has 0 aromatic heterocycles. The van der Waals surface area contributed by atoms with Crippen molar-refractivity contribution in [3.05, 3.63) is 34.6 Å². The standard InChI is InChI=1S/C15H21ClFN/c1-10-6-7-13(8-11(10)2)18-9-12-4-3-5-14(16)15(12)17/h3-5,10-11,13,18H,6-9H2,1-2H3. The Morgan fingerprint density at radius 3 is 2.78 bits per heavy atom. The lowest BCUT2D eigenvalue weighted by Crippen LogP contribution is -2.35. The van der Waals surface area contributed by atoms with E-state index >= 15 is 0 Å². The van der Waals surface area contributed by atoms with Crippen LogP contribution in [-0.2, 0) is 6.54 Å². The maximum absolute atomic E-state index is 13.7. The lowest BCUT2D eigenvalue weighted by atomic mass is 9.79. The van der Waals surface area contributed by atoms with Crippen molar-refractivity contribution in [2.45, 2.75) is 45.7 Å². The molecule has 1 fully saturated rings. The van der Waals surface area contributed by atoms with E-state index in [1.165, 1.54) is 19.3 Å². The number of hydrogen-bond donors (Lipinski definition) is 1. The summed E-state index contributed by atoms with van der Waals surface area (Å²) in [7, 11) is 0. The number of hydrogen-bond acceptors (Lipinski definition) is 1. The monoisotopic (exact) mass is 269 g/mol. The Kier molecular flexibility index (Phi) is 4.63. The van der Waals surface area contributed by atoms with Crippen molar-refractivity contribution in [3.63, 3.8) is 0 Å². The van der Waals surface area contributed by atoms with Gasteiger partial charge in [-0.2, -0.15) is 0 Å². The summed E-state index contributed by atoms with van der Waals surface area (Å²) in [5.74, 6) is 1.27. The van der Waals surface area contributed by atoms with Crippen LogP contribution in [0.1, 0.15) is 38.7 Å². The van der Waals surface area contributed by atoms with Crippen molar-refractivity contribution in [1.29, 1.82) is 0 Å². The molecule has 0 saturated heterocycles. The Morgan fingerprint density at radius 1 is 1.28 bits per heavy atom. The average molecular weight is 270 g/mol. The first kappa shape index (κ1) is 13.8. The highest BCUT2D eigenvalue weighted by atomic mass is 35.5. The molecule has 1 aromatic carbocycles. The third-order valence-electron chi connectivity index (χ3n) is 4.21. The Morgan fingerprint density at radius 2 is 2.06 bits per heavy atom. The van der Waals surface area contributed by atoms with Crippen LogP contribution in [0.3, 0.4) is 0 Å². The highest BCUT2D eigenvalue weighted by Crippen LogP contribution is 2.29. The fourth-order valence-corrected chi connectivity index (χ4v) is 2.87. The van der Waals surface area contributed by atoms with Crippen molar-refractivity contribution >= 4 is 11.6 Å². The van der Waals surface area contributed by atoms with Crippen LogP contribution in [-0.4, -0.2) is 6.04 Å². The smallest absolute Gasteiger partial charge is 0.146 e. The Bertz CT molecular complexity index is 407. The van der Waals surface area contributed by atoms with Gasteiger partial charge < -0.3 is 5.32 Å². The molecule has 3 unspecified atom stereocenters. The lowest BCUT2D eigenvalue weighted by Gasteiger charge is -2.32. The van der Waals surface area contributed by atoms with Gasteiger partial charge in [0.1, 0.15) is 5.82 Å². The van der Waals surface area contributed by atoms with E-state index in [4.69, 9.17) is 11.6 Å². The van der Waals surface area contributed by atoms with Crippen LogP contribution >= 0.6 is 11.6 Å². The van der Waals surface area contributed by atoms with Crippen LogP contribution in [0.5, 0.6) is 0 Å². The summed E-state index contributed by atoms with van der Waals surface area (Å²) >= 11 is 5.77. The molecule has 1 N–H and O–H groups in total. The van der Waals surface area contributed by atoms with E-state index in [1.54, 1.807) is 18.2 Å². The molecule has 0 aliphatic heterocycles. The molecule has 0 heterocycles. The highest BCUT2D eigenvalue weighted by molar-refractivity contribution is 6.30. The first-order valence-corrected chi connectivity index (χ1v) is 7.12. The number of rotatable bonds is 3. The Labute approximate surface area is 114 Å². The van der Waals surface area contributed by atoms with Crippen LogP contribution in [0.15, 0.2) is 18.2 Å². The molecule has 2 rings (SSSR count). The predicted octanol–water partition coefficient (Wildman–Crippen LogP) is 4.39. The second-order valence-corrected chi connectivity index (χ2v) is 5.97. The Balaban J connectivity index is 1.90. The van der Waals surface area contributed by atoms with Crippen molar-refractivity contribution in [1.82, 2.24) is 5.32 Å². The predicted molar refractivity (Wildman–Crippen MR) is 74.2 cm³/mol. The van der Waals surface area contributed by atoms with Gasteiger partial charge in [0, 0.05) is 18.2 Å². The second-order valence-electron chi connectivity index (χ2n) is 5.56. The largest absolute Gasteiger partial charge is 0.310 e. The van der Waals surface area contributed by atoms with Gasteiger partial charge in [0.2, 0.25) is 0 Å². The molecule has 1 nitrogen and oxygen atoms in total. The minimum Gasteiger partial charge on any atom is -0.310 e. The fraction of sp³-hybridized carbons (Fsp3) is 0.600. The maximum Gasteiger partial charge on any atom is 0.146 e. The quantitative estimate of drug-likeness (QED) is 0.858. The van der Waals surface area contributed by atoms with Crippen molar-refractivity contribution < 1.29 is 4.39 Å². The zero-order chi connectivity index (χ0) is 13.1. The molecule has 100 valence electrons. The van der Waals surface area contributed by atoms with Gasteiger partial charge in [-0.3, -0.25) is 0 Å². The van der Waals surface area contributed by atoms with Gasteiger partial charge in [-0.25, -0.2) is 4.39 Å². The van der Waals surface area contributed by atoms with Crippen LogP contribution in [0.4, 0.5) is 4.39 Å². The summed E-state index contributed by atoms with van der Waals surface area (Å²) in [6, 6.07) is 5.69. The molecular formula is C15H21ClFN. The summed E-state index contributed by atoms with van der Waals surface area (Å²) < 4.78 is 13.7. The third kappa shape index (κ3) is 3.24. The van der Waals surface area contributed by atoms with E-state index < -0.39 is 0 Å². The first-order chi connectivity index (χ1) is 8.58. The van der Waals surface area contributed by atoms with E-state index in [9.17, 15) is 4.39 Å². The van der Waals surface area contributed by atoms with Gasteiger partial charge >= 0.3 is 0 Å². The molecule has 0 radical (unpaired) electrons. The molecular weight excluding hydrogens is 249 g/mol. The van der Waals surface area contributed by atoms with Crippen molar-refractivity contribution in [3.8, 4) is 0 Å². The first-order valence-electron chi connectivity index (χ1n) is 6.74. The molecule has 3 atom stereocenters. The lowest BCUT2D eigenvalue weighted by molar-refractivity contribution is 0.225. The summed E-state index contributed by atoms with van der Waals surface area (Å²) in [6.45, 7) is 5.19. The molecule has 3 heteroatoms.